The Balaban J connectivity index is 1.94. The molecule has 0 radical (unpaired) electrons. The van der Waals surface area contributed by atoms with E-state index in [4.69, 9.17) is 0 Å². The van der Waals surface area contributed by atoms with Gasteiger partial charge in [-0.2, -0.15) is 0 Å². The predicted octanol–water partition coefficient (Wildman–Crippen LogP) is 3.02. The van der Waals surface area contributed by atoms with E-state index in [0.717, 1.165) is 22.7 Å². The van der Waals surface area contributed by atoms with Gasteiger partial charge in [-0.25, -0.2) is 4.98 Å². The summed E-state index contributed by atoms with van der Waals surface area (Å²) in [5.74, 6) is 0.0367. The van der Waals surface area contributed by atoms with Crippen LogP contribution in [0.4, 0.5) is 5.69 Å². The van der Waals surface area contributed by atoms with Crippen molar-refractivity contribution in [1.29, 1.82) is 0 Å². The molecule has 112 valence electrons. The number of anilines is 1. The number of hydrogen-bond donors (Lipinski definition) is 1. The van der Waals surface area contributed by atoms with Gasteiger partial charge in [0.2, 0.25) is 5.91 Å². The highest BCUT2D eigenvalue weighted by molar-refractivity contribution is 7.09. The Labute approximate surface area is 129 Å². The molecule has 0 aliphatic heterocycles. The van der Waals surface area contributed by atoms with Crippen molar-refractivity contribution in [2.24, 2.45) is 0 Å². The molecule has 0 saturated carbocycles. The van der Waals surface area contributed by atoms with Gasteiger partial charge in [0.25, 0.3) is 0 Å². The van der Waals surface area contributed by atoms with Crippen LogP contribution in [-0.2, 0) is 11.2 Å². The van der Waals surface area contributed by atoms with Gasteiger partial charge in [0.15, 0.2) is 0 Å². The van der Waals surface area contributed by atoms with Gasteiger partial charge in [0, 0.05) is 31.4 Å². The summed E-state index contributed by atoms with van der Waals surface area (Å²) >= 11 is 1.58. The molecule has 0 unspecified atom stereocenters. The highest BCUT2D eigenvalue weighted by Crippen LogP contribution is 2.19. The van der Waals surface area contributed by atoms with Gasteiger partial charge in [-0.1, -0.05) is 19.1 Å². The van der Waals surface area contributed by atoms with E-state index in [1.54, 1.807) is 17.5 Å². The van der Waals surface area contributed by atoms with E-state index in [1.807, 2.05) is 48.6 Å². The number of benzene rings is 1. The predicted molar refractivity (Wildman–Crippen MR) is 87.8 cm³/mol. The summed E-state index contributed by atoms with van der Waals surface area (Å²) in [4.78, 5) is 18.5. The first-order chi connectivity index (χ1) is 10.1. The van der Waals surface area contributed by atoms with Crippen LogP contribution >= 0.6 is 11.3 Å². The number of thiazole rings is 1. The van der Waals surface area contributed by atoms with E-state index in [0.29, 0.717) is 6.42 Å². The molecule has 0 saturated heterocycles. The third-order valence-electron chi connectivity index (χ3n) is 3.31. The second kappa shape index (κ2) is 7.22. The fourth-order valence-corrected chi connectivity index (χ4v) is 2.86. The lowest BCUT2D eigenvalue weighted by Crippen LogP contribution is -2.29. The fraction of sp³-hybridized carbons (Fsp3) is 0.375. The maximum Gasteiger partial charge on any atom is 0.224 e. The van der Waals surface area contributed by atoms with E-state index in [9.17, 15) is 4.79 Å². The van der Waals surface area contributed by atoms with Gasteiger partial charge in [0.05, 0.1) is 12.5 Å². The first-order valence-corrected chi connectivity index (χ1v) is 7.93. The largest absolute Gasteiger partial charge is 0.378 e. The first kappa shape index (κ1) is 15.5. The van der Waals surface area contributed by atoms with Gasteiger partial charge in [-0.3, -0.25) is 4.79 Å². The lowest BCUT2D eigenvalue weighted by molar-refractivity contribution is -0.121. The topological polar surface area (TPSA) is 45.2 Å². The van der Waals surface area contributed by atoms with Crippen LogP contribution in [0.1, 0.15) is 30.0 Å². The van der Waals surface area contributed by atoms with Crippen molar-refractivity contribution >= 4 is 22.9 Å². The highest BCUT2D eigenvalue weighted by Gasteiger charge is 2.15. The SMILES string of the molecule is CC[C@H](NC(=O)Cc1ccc(N(C)C)cc1)c1nccs1. The molecule has 1 N–H and O–H groups in total. The summed E-state index contributed by atoms with van der Waals surface area (Å²) in [5, 5.41) is 5.95. The number of aromatic nitrogens is 1. The van der Waals surface area contributed by atoms with Crippen molar-refractivity contribution in [3.05, 3.63) is 46.4 Å². The number of amides is 1. The second-order valence-corrected chi connectivity index (χ2v) is 6.06. The molecule has 1 amide bonds. The Bertz CT molecular complexity index is 564. The molecular weight excluding hydrogens is 282 g/mol. The highest BCUT2D eigenvalue weighted by atomic mass is 32.1. The second-order valence-electron chi connectivity index (χ2n) is 5.14. The van der Waals surface area contributed by atoms with Gasteiger partial charge in [-0.05, 0) is 24.1 Å². The molecule has 1 atom stereocenters. The number of carbonyl (C=O) groups is 1. The van der Waals surface area contributed by atoms with Crippen LogP contribution in [0.15, 0.2) is 35.8 Å². The number of carbonyl (C=O) groups excluding carboxylic acids is 1. The molecule has 0 bridgehead atoms. The number of hydrogen-bond acceptors (Lipinski definition) is 4. The summed E-state index contributed by atoms with van der Waals surface area (Å²) in [6, 6.07) is 8.07. The fourth-order valence-electron chi connectivity index (χ4n) is 2.09. The summed E-state index contributed by atoms with van der Waals surface area (Å²) in [7, 11) is 4.00. The Morgan fingerprint density at radius 2 is 2.05 bits per heavy atom. The van der Waals surface area contributed by atoms with Gasteiger partial charge < -0.3 is 10.2 Å². The summed E-state index contributed by atoms with van der Waals surface area (Å²) in [6.45, 7) is 2.05. The van der Waals surface area contributed by atoms with E-state index in [2.05, 4.69) is 17.2 Å². The zero-order valence-corrected chi connectivity index (χ0v) is 13.5. The molecular formula is C16H21N3OS. The molecule has 1 heterocycles. The molecule has 0 fully saturated rings. The van der Waals surface area contributed by atoms with E-state index < -0.39 is 0 Å². The minimum absolute atomic E-state index is 0.0125. The number of nitrogens with zero attached hydrogens (tertiary/aromatic N) is 2. The summed E-state index contributed by atoms with van der Waals surface area (Å²) in [5.41, 5.74) is 2.15. The van der Waals surface area contributed by atoms with Crippen LogP contribution in [0.5, 0.6) is 0 Å². The third-order valence-corrected chi connectivity index (χ3v) is 4.20. The maximum absolute atomic E-state index is 12.2. The lowest BCUT2D eigenvalue weighted by Gasteiger charge is -2.15. The Morgan fingerprint density at radius 3 is 2.57 bits per heavy atom. The molecule has 4 nitrogen and oxygen atoms in total. The van der Waals surface area contributed by atoms with Crippen molar-refractivity contribution in [2.45, 2.75) is 25.8 Å². The van der Waals surface area contributed by atoms with Gasteiger partial charge in [-0.15, -0.1) is 11.3 Å². The molecule has 2 aromatic rings. The molecule has 0 aliphatic carbocycles. The van der Waals surface area contributed by atoms with E-state index >= 15 is 0 Å². The molecule has 2 rings (SSSR count). The molecule has 5 heteroatoms. The van der Waals surface area contributed by atoms with Crippen LogP contribution in [0.3, 0.4) is 0 Å². The molecule has 1 aromatic heterocycles. The Morgan fingerprint density at radius 1 is 1.33 bits per heavy atom. The van der Waals surface area contributed by atoms with Crippen molar-refractivity contribution in [1.82, 2.24) is 10.3 Å². The third kappa shape index (κ3) is 4.29. The van der Waals surface area contributed by atoms with Crippen molar-refractivity contribution < 1.29 is 4.79 Å². The normalized spacial score (nSPS) is 12.0. The monoisotopic (exact) mass is 303 g/mol. The Hall–Kier alpha value is -1.88. The minimum atomic E-state index is 0.0125. The summed E-state index contributed by atoms with van der Waals surface area (Å²) in [6.07, 6.45) is 3.02. The van der Waals surface area contributed by atoms with Crippen molar-refractivity contribution in [3.63, 3.8) is 0 Å². The van der Waals surface area contributed by atoms with Crippen LogP contribution in [0, 0.1) is 0 Å². The van der Waals surface area contributed by atoms with E-state index in [1.165, 1.54) is 0 Å². The maximum atomic E-state index is 12.2. The van der Waals surface area contributed by atoms with Gasteiger partial charge in [0.1, 0.15) is 5.01 Å². The smallest absolute Gasteiger partial charge is 0.224 e. The van der Waals surface area contributed by atoms with Crippen LogP contribution in [0.2, 0.25) is 0 Å². The zero-order valence-electron chi connectivity index (χ0n) is 12.7. The average Bonchev–Trinajstić information content (AvgIpc) is 2.99. The van der Waals surface area contributed by atoms with Gasteiger partial charge >= 0.3 is 0 Å². The lowest BCUT2D eigenvalue weighted by atomic mass is 10.1. The molecule has 1 aromatic carbocycles. The Kier molecular flexibility index (Phi) is 5.33. The molecule has 0 aliphatic rings. The zero-order chi connectivity index (χ0) is 15.2. The van der Waals surface area contributed by atoms with Crippen LogP contribution in [0.25, 0.3) is 0 Å². The number of rotatable bonds is 6. The van der Waals surface area contributed by atoms with Crippen LogP contribution in [-0.4, -0.2) is 25.0 Å². The van der Waals surface area contributed by atoms with Crippen LogP contribution < -0.4 is 10.2 Å². The standard InChI is InChI=1S/C16H21N3OS/c1-4-14(16-17-9-10-21-16)18-15(20)11-12-5-7-13(8-6-12)19(2)3/h5-10,14H,4,11H2,1-3H3,(H,18,20)/t14-/m0/s1. The molecule has 21 heavy (non-hydrogen) atoms. The van der Waals surface area contributed by atoms with Crippen molar-refractivity contribution in [2.75, 3.05) is 19.0 Å². The first-order valence-electron chi connectivity index (χ1n) is 7.05. The number of nitrogens with one attached hydrogen (secondary N) is 1. The quantitative estimate of drug-likeness (QED) is 0.892. The average molecular weight is 303 g/mol. The summed E-state index contributed by atoms with van der Waals surface area (Å²) < 4.78 is 0. The minimum Gasteiger partial charge on any atom is -0.378 e. The van der Waals surface area contributed by atoms with Crippen molar-refractivity contribution in [3.8, 4) is 0 Å². The van der Waals surface area contributed by atoms with E-state index in [-0.39, 0.29) is 11.9 Å². The molecule has 0 spiro atoms.